The van der Waals surface area contributed by atoms with E-state index in [2.05, 4.69) is 15.6 Å². The molecule has 2 N–H and O–H groups in total. The van der Waals surface area contributed by atoms with Crippen molar-refractivity contribution in [3.05, 3.63) is 88.0 Å². The fourth-order valence-corrected chi connectivity index (χ4v) is 2.91. The summed E-state index contributed by atoms with van der Waals surface area (Å²) in [6.45, 7) is 2.79. The molecular weight excluding hydrogens is 386 g/mol. The molecule has 0 atom stereocenters. The highest BCUT2D eigenvalue weighted by Crippen LogP contribution is 2.21. The molecular formula is C21H21N5O4. The predicted octanol–water partition coefficient (Wildman–Crippen LogP) is 3.17. The number of hydrogen-bond acceptors (Lipinski definition) is 5. The van der Waals surface area contributed by atoms with E-state index in [9.17, 15) is 19.7 Å². The van der Waals surface area contributed by atoms with Gasteiger partial charge in [-0.3, -0.25) is 19.7 Å². The number of para-hydroxylation sites is 1. The molecule has 0 fully saturated rings. The SMILES string of the molecule is Cc1ccc(C(=O)Nc2ccccc2C(=O)NCCCn2ccnc2)cc1[N+](=O)[O-]. The van der Waals surface area contributed by atoms with E-state index in [-0.39, 0.29) is 17.2 Å². The van der Waals surface area contributed by atoms with Crippen molar-refractivity contribution in [2.24, 2.45) is 0 Å². The molecule has 3 rings (SSSR count). The number of nitro benzene ring substituents is 1. The number of nitrogens with one attached hydrogen (secondary N) is 2. The number of hydrogen-bond donors (Lipinski definition) is 2. The van der Waals surface area contributed by atoms with Crippen LogP contribution in [0.4, 0.5) is 11.4 Å². The summed E-state index contributed by atoms with van der Waals surface area (Å²) in [6, 6.07) is 10.9. The summed E-state index contributed by atoms with van der Waals surface area (Å²) in [7, 11) is 0. The van der Waals surface area contributed by atoms with Gasteiger partial charge in [-0.15, -0.1) is 0 Å². The number of carbonyl (C=O) groups is 2. The van der Waals surface area contributed by atoms with E-state index in [0.29, 0.717) is 23.4 Å². The summed E-state index contributed by atoms with van der Waals surface area (Å²) >= 11 is 0. The van der Waals surface area contributed by atoms with Gasteiger partial charge in [-0.25, -0.2) is 4.98 Å². The van der Waals surface area contributed by atoms with Crippen molar-refractivity contribution in [1.29, 1.82) is 0 Å². The summed E-state index contributed by atoms with van der Waals surface area (Å²) in [5.41, 5.74) is 1.12. The molecule has 0 bridgehead atoms. The van der Waals surface area contributed by atoms with Crippen molar-refractivity contribution >= 4 is 23.2 Å². The Morgan fingerprint density at radius 2 is 1.97 bits per heavy atom. The normalized spacial score (nSPS) is 10.4. The van der Waals surface area contributed by atoms with Crippen LogP contribution in [0.1, 0.15) is 32.7 Å². The summed E-state index contributed by atoms with van der Waals surface area (Å²) in [4.78, 5) is 39.7. The minimum atomic E-state index is -0.530. The van der Waals surface area contributed by atoms with Crippen LogP contribution in [0.2, 0.25) is 0 Å². The van der Waals surface area contributed by atoms with Crippen molar-refractivity contribution in [3.8, 4) is 0 Å². The Morgan fingerprint density at radius 3 is 2.70 bits per heavy atom. The number of rotatable bonds is 8. The highest BCUT2D eigenvalue weighted by atomic mass is 16.6. The van der Waals surface area contributed by atoms with E-state index < -0.39 is 10.8 Å². The molecule has 9 nitrogen and oxygen atoms in total. The Kier molecular flexibility index (Phi) is 6.53. The number of imidazole rings is 1. The maximum atomic E-state index is 12.6. The van der Waals surface area contributed by atoms with Crippen molar-refractivity contribution < 1.29 is 14.5 Å². The van der Waals surface area contributed by atoms with Gasteiger partial charge in [-0.2, -0.15) is 0 Å². The van der Waals surface area contributed by atoms with Gasteiger partial charge in [-0.05, 0) is 31.5 Å². The standard InChI is InChI=1S/C21H21N5O4/c1-15-7-8-16(13-19(15)26(29)30)20(27)24-18-6-3-2-5-17(18)21(28)23-9-4-11-25-12-10-22-14-25/h2-3,5-8,10,12-14H,4,9,11H2,1H3,(H,23,28)(H,24,27). The zero-order chi connectivity index (χ0) is 21.5. The Labute approximate surface area is 172 Å². The van der Waals surface area contributed by atoms with Gasteiger partial charge in [0.2, 0.25) is 0 Å². The third-order valence-corrected chi connectivity index (χ3v) is 4.53. The molecule has 0 saturated carbocycles. The number of amides is 2. The number of aryl methyl sites for hydroxylation is 2. The molecule has 0 aliphatic heterocycles. The van der Waals surface area contributed by atoms with E-state index in [0.717, 1.165) is 13.0 Å². The number of aromatic nitrogens is 2. The zero-order valence-electron chi connectivity index (χ0n) is 16.4. The van der Waals surface area contributed by atoms with Crippen LogP contribution in [-0.4, -0.2) is 32.8 Å². The highest BCUT2D eigenvalue weighted by Gasteiger charge is 2.17. The average molecular weight is 407 g/mol. The second-order valence-electron chi connectivity index (χ2n) is 6.67. The Bertz CT molecular complexity index is 1060. The average Bonchev–Trinajstić information content (AvgIpc) is 3.25. The van der Waals surface area contributed by atoms with Crippen LogP contribution in [0, 0.1) is 17.0 Å². The first-order chi connectivity index (χ1) is 14.5. The Hall–Kier alpha value is -4.01. The van der Waals surface area contributed by atoms with Gasteiger partial charge in [0.05, 0.1) is 22.5 Å². The third-order valence-electron chi connectivity index (χ3n) is 4.53. The van der Waals surface area contributed by atoms with Crippen molar-refractivity contribution in [2.45, 2.75) is 19.9 Å². The van der Waals surface area contributed by atoms with E-state index in [1.165, 1.54) is 18.2 Å². The molecule has 0 unspecified atom stereocenters. The third kappa shape index (κ3) is 5.07. The number of nitro groups is 1. The van der Waals surface area contributed by atoms with Crippen molar-refractivity contribution in [2.75, 3.05) is 11.9 Å². The van der Waals surface area contributed by atoms with Crippen molar-refractivity contribution in [3.63, 3.8) is 0 Å². The van der Waals surface area contributed by atoms with Crippen LogP contribution in [0.25, 0.3) is 0 Å². The first kappa shape index (κ1) is 20.7. The van der Waals surface area contributed by atoms with Gasteiger partial charge in [0.1, 0.15) is 0 Å². The Morgan fingerprint density at radius 1 is 1.17 bits per heavy atom. The molecule has 0 aliphatic carbocycles. The molecule has 154 valence electrons. The minimum absolute atomic E-state index is 0.133. The van der Waals surface area contributed by atoms with Gasteiger partial charge >= 0.3 is 0 Å². The molecule has 1 aromatic heterocycles. The topological polar surface area (TPSA) is 119 Å². The van der Waals surface area contributed by atoms with E-state index >= 15 is 0 Å². The van der Waals surface area contributed by atoms with Gasteiger partial charge in [-0.1, -0.05) is 18.2 Å². The maximum absolute atomic E-state index is 12.6. The molecule has 2 aromatic carbocycles. The number of carbonyl (C=O) groups excluding carboxylic acids is 2. The van der Waals surface area contributed by atoms with Crippen LogP contribution in [0.5, 0.6) is 0 Å². The van der Waals surface area contributed by atoms with Crippen LogP contribution in [0.3, 0.4) is 0 Å². The largest absolute Gasteiger partial charge is 0.352 e. The summed E-state index contributed by atoms with van der Waals surface area (Å²) < 4.78 is 1.92. The smallest absolute Gasteiger partial charge is 0.273 e. The van der Waals surface area contributed by atoms with Crippen LogP contribution < -0.4 is 10.6 Å². The van der Waals surface area contributed by atoms with Crippen LogP contribution in [0.15, 0.2) is 61.2 Å². The first-order valence-corrected chi connectivity index (χ1v) is 9.35. The second-order valence-corrected chi connectivity index (χ2v) is 6.67. The second kappa shape index (κ2) is 9.46. The van der Waals surface area contributed by atoms with Crippen molar-refractivity contribution in [1.82, 2.24) is 14.9 Å². The molecule has 1 heterocycles. The molecule has 0 radical (unpaired) electrons. The number of benzene rings is 2. The van der Waals surface area contributed by atoms with Gasteiger partial charge < -0.3 is 15.2 Å². The molecule has 3 aromatic rings. The summed E-state index contributed by atoms with van der Waals surface area (Å²) in [6.07, 6.45) is 5.98. The maximum Gasteiger partial charge on any atom is 0.273 e. The first-order valence-electron chi connectivity index (χ1n) is 9.35. The summed E-state index contributed by atoms with van der Waals surface area (Å²) in [5.74, 6) is -0.843. The molecule has 0 spiro atoms. The Balaban J connectivity index is 1.65. The minimum Gasteiger partial charge on any atom is -0.352 e. The van der Waals surface area contributed by atoms with E-state index in [1.807, 2.05) is 10.8 Å². The van der Waals surface area contributed by atoms with Gasteiger partial charge in [0, 0.05) is 42.7 Å². The highest BCUT2D eigenvalue weighted by molar-refractivity contribution is 6.09. The fraction of sp³-hybridized carbons (Fsp3) is 0.190. The van der Waals surface area contributed by atoms with Crippen LogP contribution in [-0.2, 0) is 6.54 Å². The lowest BCUT2D eigenvalue weighted by Gasteiger charge is -2.12. The monoisotopic (exact) mass is 407 g/mol. The lowest BCUT2D eigenvalue weighted by atomic mass is 10.1. The molecule has 0 aliphatic rings. The lowest BCUT2D eigenvalue weighted by molar-refractivity contribution is -0.385. The van der Waals surface area contributed by atoms with Gasteiger partial charge in [0.25, 0.3) is 17.5 Å². The molecule has 2 amide bonds. The predicted molar refractivity (Wildman–Crippen MR) is 111 cm³/mol. The fourth-order valence-electron chi connectivity index (χ4n) is 2.91. The van der Waals surface area contributed by atoms with E-state index in [4.69, 9.17) is 0 Å². The molecule has 0 saturated heterocycles. The van der Waals surface area contributed by atoms with Gasteiger partial charge in [0.15, 0.2) is 0 Å². The number of nitrogens with zero attached hydrogens (tertiary/aromatic N) is 3. The molecule has 30 heavy (non-hydrogen) atoms. The lowest BCUT2D eigenvalue weighted by Crippen LogP contribution is -2.26. The quantitative estimate of drug-likeness (QED) is 0.338. The van der Waals surface area contributed by atoms with E-state index in [1.54, 1.807) is 43.7 Å². The molecule has 9 heteroatoms. The summed E-state index contributed by atoms with van der Waals surface area (Å²) in [5, 5.41) is 16.6. The zero-order valence-corrected chi connectivity index (χ0v) is 16.4. The number of anilines is 1. The van der Waals surface area contributed by atoms with Crippen LogP contribution >= 0.6 is 0 Å².